The zero-order chi connectivity index (χ0) is 10.6. The van der Waals surface area contributed by atoms with Crippen LogP contribution in [0.1, 0.15) is 27.7 Å². The van der Waals surface area contributed by atoms with E-state index in [-0.39, 0.29) is 6.04 Å². The van der Waals surface area contributed by atoms with Crippen molar-refractivity contribution in [3.63, 3.8) is 0 Å². The van der Waals surface area contributed by atoms with Gasteiger partial charge < -0.3 is 0 Å². The lowest BCUT2D eigenvalue weighted by molar-refractivity contribution is 0.322. The van der Waals surface area contributed by atoms with E-state index >= 15 is 0 Å². The summed E-state index contributed by atoms with van der Waals surface area (Å²) >= 11 is 0. The van der Waals surface area contributed by atoms with Gasteiger partial charge in [0.2, 0.25) is 10.0 Å². The summed E-state index contributed by atoms with van der Waals surface area (Å²) < 4.78 is 24.4. The van der Waals surface area contributed by atoms with E-state index in [4.69, 9.17) is 0 Å². The van der Waals surface area contributed by atoms with Crippen LogP contribution in [0.2, 0.25) is 0 Å². The molecule has 0 N–H and O–H groups in total. The van der Waals surface area contributed by atoms with Gasteiger partial charge in [0, 0.05) is 18.0 Å². The van der Waals surface area contributed by atoms with Gasteiger partial charge in [-0.05, 0) is 19.8 Å². The molecular formula is C9H19NO2S. The molecule has 0 saturated carbocycles. The van der Waals surface area contributed by atoms with Gasteiger partial charge in [-0.15, -0.1) is 0 Å². The number of hydrogen-bond donors (Lipinski definition) is 0. The number of rotatable bonds is 5. The SMILES string of the molecule is C=CS(=O)(=O)N(CC(C)C)C(C)C. The standard InChI is InChI=1S/C9H19NO2S/c1-6-13(11,12)10(9(4)5)7-8(2)3/h6,8-9H,1,7H2,2-5H3. The van der Waals surface area contributed by atoms with Crippen LogP contribution >= 0.6 is 0 Å². The van der Waals surface area contributed by atoms with Crippen LogP contribution < -0.4 is 0 Å². The van der Waals surface area contributed by atoms with Crippen LogP contribution in [0.25, 0.3) is 0 Å². The Labute approximate surface area is 81.5 Å². The first kappa shape index (κ1) is 12.7. The van der Waals surface area contributed by atoms with Crippen molar-refractivity contribution in [1.29, 1.82) is 0 Å². The topological polar surface area (TPSA) is 37.4 Å². The average Bonchev–Trinajstić information content (AvgIpc) is 1.99. The van der Waals surface area contributed by atoms with E-state index in [0.717, 1.165) is 5.41 Å². The van der Waals surface area contributed by atoms with E-state index in [1.807, 2.05) is 27.7 Å². The third-order valence-corrected chi connectivity index (χ3v) is 3.30. The lowest BCUT2D eigenvalue weighted by Gasteiger charge is -2.25. The quantitative estimate of drug-likeness (QED) is 0.686. The third kappa shape index (κ3) is 3.91. The average molecular weight is 205 g/mol. The van der Waals surface area contributed by atoms with Gasteiger partial charge in [0.05, 0.1) is 0 Å². The fraction of sp³-hybridized carbons (Fsp3) is 0.778. The molecule has 0 aromatic rings. The first-order valence-electron chi connectivity index (χ1n) is 4.45. The molecule has 13 heavy (non-hydrogen) atoms. The van der Waals surface area contributed by atoms with E-state index in [9.17, 15) is 8.42 Å². The van der Waals surface area contributed by atoms with Crippen LogP contribution in [-0.4, -0.2) is 25.3 Å². The molecule has 78 valence electrons. The summed E-state index contributed by atoms with van der Waals surface area (Å²) in [5.74, 6) is 0.331. The van der Waals surface area contributed by atoms with Crippen LogP contribution in [-0.2, 0) is 10.0 Å². The molecule has 0 aliphatic carbocycles. The van der Waals surface area contributed by atoms with Crippen molar-refractivity contribution >= 4 is 10.0 Å². The normalized spacial score (nSPS) is 12.8. The van der Waals surface area contributed by atoms with Crippen molar-refractivity contribution in [2.24, 2.45) is 5.92 Å². The van der Waals surface area contributed by atoms with Gasteiger partial charge in [0.25, 0.3) is 0 Å². The minimum atomic E-state index is -3.26. The Kier molecular flexibility index (Phi) is 4.64. The van der Waals surface area contributed by atoms with Crippen LogP contribution in [0.4, 0.5) is 0 Å². The Morgan fingerprint density at radius 3 is 2.00 bits per heavy atom. The van der Waals surface area contributed by atoms with Gasteiger partial charge in [-0.3, -0.25) is 0 Å². The molecule has 0 unspecified atom stereocenters. The smallest absolute Gasteiger partial charge is 0.208 e. The van der Waals surface area contributed by atoms with Gasteiger partial charge >= 0.3 is 0 Å². The van der Waals surface area contributed by atoms with E-state index in [0.29, 0.717) is 12.5 Å². The lowest BCUT2D eigenvalue weighted by atomic mass is 10.2. The van der Waals surface area contributed by atoms with Crippen LogP contribution in [0.5, 0.6) is 0 Å². The van der Waals surface area contributed by atoms with Crippen molar-refractivity contribution in [2.45, 2.75) is 33.7 Å². The molecule has 4 heteroatoms. The summed E-state index contributed by atoms with van der Waals surface area (Å²) in [5.41, 5.74) is 0. The molecule has 0 fully saturated rings. The highest BCUT2D eigenvalue weighted by Gasteiger charge is 2.22. The molecule has 0 aromatic carbocycles. The highest BCUT2D eigenvalue weighted by atomic mass is 32.2. The van der Waals surface area contributed by atoms with Gasteiger partial charge in [0.15, 0.2) is 0 Å². The lowest BCUT2D eigenvalue weighted by Crippen LogP contribution is -2.38. The molecule has 0 heterocycles. The molecule has 3 nitrogen and oxygen atoms in total. The Morgan fingerprint density at radius 2 is 1.77 bits per heavy atom. The first-order valence-corrected chi connectivity index (χ1v) is 5.96. The molecule has 0 atom stereocenters. The largest absolute Gasteiger partial charge is 0.235 e. The highest BCUT2D eigenvalue weighted by Crippen LogP contribution is 2.11. The predicted octanol–water partition coefficient (Wildman–Crippen LogP) is 1.83. The molecule has 0 spiro atoms. The van der Waals surface area contributed by atoms with E-state index < -0.39 is 10.0 Å². The maximum Gasteiger partial charge on any atom is 0.235 e. The van der Waals surface area contributed by atoms with Crippen molar-refractivity contribution in [2.75, 3.05) is 6.54 Å². The second-order valence-electron chi connectivity index (χ2n) is 3.77. The molecule has 0 aromatic heterocycles. The predicted molar refractivity (Wildman–Crippen MR) is 55.8 cm³/mol. The molecular weight excluding hydrogens is 186 g/mol. The van der Waals surface area contributed by atoms with Gasteiger partial charge in [0.1, 0.15) is 0 Å². The Balaban J connectivity index is 4.72. The molecule has 0 amide bonds. The summed E-state index contributed by atoms with van der Waals surface area (Å²) in [4.78, 5) is 0. The van der Waals surface area contributed by atoms with Crippen LogP contribution in [0, 0.1) is 5.92 Å². The molecule has 0 bridgehead atoms. The van der Waals surface area contributed by atoms with Gasteiger partial charge in [-0.1, -0.05) is 20.4 Å². The van der Waals surface area contributed by atoms with E-state index in [1.165, 1.54) is 4.31 Å². The molecule has 0 rings (SSSR count). The highest BCUT2D eigenvalue weighted by molar-refractivity contribution is 7.92. The Bertz CT molecular complexity index is 255. The zero-order valence-electron chi connectivity index (χ0n) is 8.82. The van der Waals surface area contributed by atoms with Crippen molar-refractivity contribution in [3.05, 3.63) is 12.0 Å². The zero-order valence-corrected chi connectivity index (χ0v) is 9.63. The van der Waals surface area contributed by atoms with Gasteiger partial charge in [-0.2, -0.15) is 4.31 Å². The van der Waals surface area contributed by atoms with Crippen LogP contribution in [0.15, 0.2) is 12.0 Å². The fourth-order valence-corrected chi connectivity index (χ4v) is 2.35. The van der Waals surface area contributed by atoms with Crippen molar-refractivity contribution in [3.8, 4) is 0 Å². The van der Waals surface area contributed by atoms with E-state index in [2.05, 4.69) is 6.58 Å². The van der Waals surface area contributed by atoms with Crippen molar-refractivity contribution < 1.29 is 8.42 Å². The Morgan fingerprint density at radius 1 is 1.31 bits per heavy atom. The molecule has 0 saturated heterocycles. The summed E-state index contributed by atoms with van der Waals surface area (Å²) in [7, 11) is -3.26. The first-order chi connectivity index (χ1) is 5.81. The molecule has 0 radical (unpaired) electrons. The van der Waals surface area contributed by atoms with Crippen LogP contribution in [0.3, 0.4) is 0 Å². The Hall–Kier alpha value is -0.350. The van der Waals surface area contributed by atoms with Crippen molar-refractivity contribution in [1.82, 2.24) is 4.31 Å². The summed E-state index contributed by atoms with van der Waals surface area (Å²) in [6.07, 6.45) is 0. The number of nitrogens with zero attached hydrogens (tertiary/aromatic N) is 1. The molecule has 0 aliphatic heterocycles. The van der Waals surface area contributed by atoms with Gasteiger partial charge in [-0.25, -0.2) is 8.42 Å². The maximum atomic E-state index is 11.5. The summed E-state index contributed by atoms with van der Waals surface area (Å²) in [6.45, 7) is 11.6. The minimum absolute atomic E-state index is 0.00889. The minimum Gasteiger partial charge on any atom is -0.208 e. The number of sulfonamides is 1. The molecule has 0 aliphatic rings. The number of hydrogen-bond acceptors (Lipinski definition) is 2. The van der Waals surface area contributed by atoms with E-state index in [1.54, 1.807) is 0 Å². The maximum absolute atomic E-state index is 11.5. The monoisotopic (exact) mass is 205 g/mol. The second-order valence-corrected chi connectivity index (χ2v) is 5.60. The third-order valence-electron chi connectivity index (χ3n) is 1.66. The summed E-state index contributed by atoms with van der Waals surface area (Å²) in [6, 6.07) is -0.00889. The fourth-order valence-electron chi connectivity index (χ4n) is 1.06. The second kappa shape index (κ2) is 4.77. The summed E-state index contributed by atoms with van der Waals surface area (Å²) in [5, 5.41) is 1.01.